The van der Waals surface area contributed by atoms with Gasteiger partial charge in [0.1, 0.15) is 5.76 Å². The molecule has 2 aliphatic heterocycles. The van der Waals surface area contributed by atoms with Crippen molar-refractivity contribution in [1.29, 1.82) is 0 Å². The molecule has 28 heavy (non-hydrogen) atoms. The van der Waals surface area contributed by atoms with Gasteiger partial charge in [-0.1, -0.05) is 16.9 Å². The third-order valence-electron chi connectivity index (χ3n) is 5.77. The SMILES string of the molecule is C1CCc2c(CSc3nnc(N4CCOCC4)n3CC3CCCO3)noc2C1. The Morgan fingerprint density at radius 2 is 1.93 bits per heavy atom. The van der Waals surface area contributed by atoms with Gasteiger partial charge in [0.2, 0.25) is 5.95 Å². The second-order valence-electron chi connectivity index (χ2n) is 7.65. The normalized spacial score (nSPS) is 22.6. The van der Waals surface area contributed by atoms with E-state index in [1.54, 1.807) is 11.8 Å². The summed E-state index contributed by atoms with van der Waals surface area (Å²) >= 11 is 1.70. The lowest BCUT2D eigenvalue weighted by atomic mass is 9.97. The van der Waals surface area contributed by atoms with Gasteiger partial charge in [0.15, 0.2) is 5.16 Å². The molecular weight excluding hydrogens is 378 g/mol. The number of anilines is 1. The zero-order chi connectivity index (χ0) is 18.8. The second-order valence-corrected chi connectivity index (χ2v) is 8.60. The number of rotatable bonds is 6. The molecule has 0 aromatic carbocycles. The average molecular weight is 406 g/mol. The highest BCUT2D eigenvalue weighted by Crippen LogP contribution is 2.31. The summed E-state index contributed by atoms with van der Waals surface area (Å²) in [5.74, 6) is 2.78. The number of ether oxygens (including phenoxy) is 2. The molecule has 0 spiro atoms. The molecule has 1 unspecified atom stereocenters. The lowest BCUT2D eigenvalue weighted by Crippen LogP contribution is -2.38. The van der Waals surface area contributed by atoms with Crippen LogP contribution < -0.4 is 4.90 Å². The van der Waals surface area contributed by atoms with Crippen LogP contribution in [-0.4, -0.2) is 58.9 Å². The van der Waals surface area contributed by atoms with E-state index in [1.165, 1.54) is 18.4 Å². The topological polar surface area (TPSA) is 78.4 Å². The van der Waals surface area contributed by atoms with Gasteiger partial charge in [0, 0.05) is 37.4 Å². The molecule has 1 atom stereocenters. The molecule has 152 valence electrons. The molecule has 0 bridgehead atoms. The van der Waals surface area contributed by atoms with Gasteiger partial charge < -0.3 is 18.9 Å². The first-order valence-electron chi connectivity index (χ1n) is 10.3. The maximum Gasteiger partial charge on any atom is 0.228 e. The molecule has 9 heteroatoms. The molecule has 2 fully saturated rings. The summed E-state index contributed by atoms with van der Waals surface area (Å²) in [6.07, 6.45) is 7.00. The highest BCUT2D eigenvalue weighted by Gasteiger charge is 2.26. The Morgan fingerprint density at radius 3 is 2.79 bits per heavy atom. The Kier molecular flexibility index (Phi) is 5.55. The monoisotopic (exact) mass is 405 g/mol. The molecule has 0 saturated carbocycles. The van der Waals surface area contributed by atoms with Crippen molar-refractivity contribution in [3.05, 3.63) is 17.0 Å². The van der Waals surface area contributed by atoms with Crippen LogP contribution in [0, 0.1) is 0 Å². The van der Waals surface area contributed by atoms with Crippen LogP contribution in [0.15, 0.2) is 9.68 Å². The fraction of sp³-hybridized carbons (Fsp3) is 0.737. The van der Waals surface area contributed by atoms with Crippen LogP contribution in [0.2, 0.25) is 0 Å². The third kappa shape index (κ3) is 3.79. The fourth-order valence-electron chi connectivity index (χ4n) is 4.23. The van der Waals surface area contributed by atoms with Crippen LogP contribution in [0.3, 0.4) is 0 Å². The Balaban J connectivity index is 1.35. The van der Waals surface area contributed by atoms with E-state index in [9.17, 15) is 0 Å². The predicted molar refractivity (Wildman–Crippen MR) is 105 cm³/mol. The molecule has 4 heterocycles. The van der Waals surface area contributed by atoms with Gasteiger partial charge in [-0.25, -0.2) is 0 Å². The third-order valence-corrected chi connectivity index (χ3v) is 6.75. The van der Waals surface area contributed by atoms with E-state index in [-0.39, 0.29) is 6.10 Å². The summed E-state index contributed by atoms with van der Waals surface area (Å²) in [5.41, 5.74) is 2.39. The zero-order valence-corrected chi connectivity index (χ0v) is 17.0. The van der Waals surface area contributed by atoms with E-state index >= 15 is 0 Å². The molecule has 3 aliphatic rings. The molecule has 0 radical (unpaired) electrons. The molecule has 2 aromatic rings. The fourth-order valence-corrected chi connectivity index (χ4v) is 5.14. The molecule has 2 aromatic heterocycles. The number of nitrogens with zero attached hydrogens (tertiary/aromatic N) is 5. The van der Waals surface area contributed by atoms with Crippen LogP contribution in [0.5, 0.6) is 0 Å². The Labute approximate surface area is 168 Å². The van der Waals surface area contributed by atoms with Crippen LogP contribution >= 0.6 is 11.8 Å². The number of hydrogen-bond acceptors (Lipinski definition) is 8. The first-order chi connectivity index (χ1) is 13.9. The minimum absolute atomic E-state index is 0.245. The summed E-state index contributed by atoms with van der Waals surface area (Å²) in [5, 5.41) is 14.3. The molecule has 5 rings (SSSR count). The highest BCUT2D eigenvalue weighted by atomic mass is 32.2. The lowest BCUT2D eigenvalue weighted by Gasteiger charge is -2.28. The zero-order valence-electron chi connectivity index (χ0n) is 16.1. The van der Waals surface area contributed by atoms with Gasteiger partial charge >= 0.3 is 0 Å². The summed E-state index contributed by atoms with van der Waals surface area (Å²) in [6.45, 7) is 4.84. The van der Waals surface area contributed by atoms with E-state index in [0.717, 1.165) is 93.5 Å². The van der Waals surface area contributed by atoms with E-state index in [0.29, 0.717) is 0 Å². The smallest absolute Gasteiger partial charge is 0.228 e. The number of fused-ring (bicyclic) bond motifs is 1. The molecular formula is C19H27N5O3S. The van der Waals surface area contributed by atoms with E-state index < -0.39 is 0 Å². The van der Waals surface area contributed by atoms with Crippen LogP contribution in [0.1, 0.15) is 42.7 Å². The van der Waals surface area contributed by atoms with Crippen LogP contribution in [0.4, 0.5) is 5.95 Å². The Morgan fingerprint density at radius 1 is 1.04 bits per heavy atom. The van der Waals surface area contributed by atoms with Gasteiger partial charge in [-0.15, -0.1) is 10.2 Å². The molecule has 0 N–H and O–H groups in total. The Bertz CT molecular complexity index is 796. The standard InChI is InChI=1S/C19H27N5O3S/c1-2-6-17-15(5-1)16(22-27-17)13-28-19-21-20-18(23-7-10-25-11-8-23)24(19)12-14-4-3-9-26-14/h14H,1-13H2. The van der Waals surface area contributed by atoms with Gasteiger partial charge in [-0.3, -0.25) is 4.57 Å². The van der Waals surface area contributed by atoms with Gasteiger partial charge in [-0.05, 0) is 32.1 Å². The van der Waals surface area contributed by atoms with Gasteiger partial charge in [-0.2, -0.15) is 0 Å². The number of hydrogen-bond donors (Lipinski definition) is 0. The minimum atomic E-state index is 0.245. The van der Waals surface area contributed by atoms with Crippen molar-refractivity contribution in [3.63, 3.8) is 0 Å². The van der Waals surface area contributed by atoms with Crippen LogP contribution in [-0.2, 0) is 34.6 Å². The average Bonchev–Trinajstić information content (AvgIpc) is 3.48. The first kappa shape index (κ1) is 18.4. The molecule has 8 nitrogen and oxygen atoms in total. The van der Waals surface area contributed by atoms with Crippen molar-refractivity contribution in [2.45, 2.75) is 62.1 Å². The number of thioether (sulfide) groups is 1. The summed E-state index contributed by atoms with van der Waals surface area (Å²) in [4.78, 5) is 2.27. The maximum atomic E-state index is 5.89. The number of aryl methyl sites for hydroxylation is 1. The minimum Gasteiger partial charge on any atom is -0.378 e. The van der Waals surface area contributed by atoms with Gasteiger partial charge in [0.25, 0.3) is 0 Å². The van der Waals surface area contributed by atoms with Crippen molar-refractivity contribution in [2.24, 2.45) is 0 Å². The van der Waals surface area contributed by atoms with E-state index in [2.05, 4.69) is 24.8 Å². The van der Waals surface area contributed by atoms with Crippen LogP contribution in [0.25, 0.3) is 0 Å². The molecule has 1 aliphatic carbocycles. The molecule has 0 amide bonds. The summed E-state index contributed by atoms with van der Waals surface area (Å²) in [7, 11) is 0. The van der Waals surface area contributed by atoms with Crippen molar-refractivity contribution >= 4 is 17.7 Å². The van der Waals surface area contributed by atoms with E-state index in [1.807, 2.05) is 0 Å². The van der Waals surface area contributed by atoms with Crippen molar-refractivity contribution in [1.82, 2.24) is 19.9 Å². The maximum absolute atomic E-state index is 5.89. The lowest BCUT2D eigenvalue weighted by molar-refractivity contribution is 0.0942. The predicted octanol–water partition coefficient (Wildman–Crippen LogP) is 2.45. The first-order valence-corrected chi connectivity index (χ1v) is 11.3. The number of morpholine rings is 1. The number of aromatic nitrogens is 4. The Hall–Kier alpha value is -1.58. The quantitative estimate of drug-likeness (QED) is 0.678. The molecule has 2 saturated heterocycles. The summed E-state index contributed by atoms with van der Waals surface area (Å²) in [6, 6.07) is 0. The second kappa shape index (κ2) is 8.42. The van der Waals surface area contributed by atoms with Gasteiger partial charge in [0.05, 0.1) is 31.6 Å². The highest BCUT2D eigenvalue weighted by molar-refractivity contribution is 7.98. The van der Waals surface area contributed by atoms with Crippen molar-refractivity contribution in [2.75, 3.05) is 37.8 Å². The largest absolute Gasteiger partial charge is 0.378 e. The van der Waals surface area contributed by atoms with E-state index in [4.69, 9.17) is 14.0 Å². The van der Waals surface area contributed by atoms with Crippen molar-refractivity contribution in [3.8, 4) is 0 Å². The van der Waals surface area contributed by atoms with Crippen molar-refractivity contribution < 1.29 is 14.0 Å². The summed E-state index contributed by atoms with van der Waals surface area (Å²) < 4.78 is 19.2.